The van der Waals surface area contributed by atoms with E-state index in [0.29, 0.717) is 18.0 Å². The van der Waals surface area contributed by atoms with Crippen molar-refractivity contribution < 1.29 is 14.6 Å². The number of pyridine rings is 1. The van der Waals surface area contributed by atoms with Gasteiger partial charge in [0.15, 0.2) is 11.5 Å². The number of phenolic OH excluding ortho intramolecular Hbond substituents is 1. The first kappa shape index (κ1) is 14.0. The summed E-state index contributed by atoms with van der Waals surface area (Å²) in [5.74, 6) is 0.796. The van der Waals surface area contributed by atoms with Crippen molar-refractivity contribution in [1.29, 1.82) is 0 Å². The van der Waals surface area contributed by atoms with E-state index in [4.69, 9.17) is 9.47 Å². The molecule has 0 bridgehead atoms. The number of nitrogens with zero attached hydrogens (tertiary/aromatic N) is 1. The maximum atomic E-state index is 9.86. The highest BCUT2D eigenvalue weighted by Gasteiger charge is 2.11. The van der Waals surface area contributed by atoms with Gasteiger partial charge in [-0.3, -0.25) is 4.98 Å². The van der Waals surface area contributed by atoms with Crippen molar-refractivity contribution >= 4 is 5.69 Å². The van der Waals surface area contributed by atoms with Gasteiger partial charge in [0.1, 0.15) is 0 Å². The molecule has 2 N–H and O–H groups in total. The summed E-state index contributed by atoms with van der Waals surface area (Å²) in [7, 11) is 3.02. The molecule has 5 heteroatoms. The summed E-state index contributed by atoms with van der Waals surface area (Å²) in [6.07, 6.45) is 3.54. The second-order valence-electron chi connectivity index (χ2n) is 4.39. The fourth-order valence-corrected chi connectivity index (χ4v) is 1.90. The monoisotopic (exact) mass is 274 g/mol. The van der Waals surface area contributed by atoms with Gasteiger partial charge in [0.05, 0.1) is 26.1 Å². The minimum atomic E-state index is 0.0105. The van der Waals surface area contributed by atoms with Crippen LogP contribution >= 0.6 is 0 Å². The summed E-state index contributed by atoms with van der Waals surface area (Å²) in [5, 5.41) is 13.2. The van der Waals surface area contributed by atoms with Crippen LogP contribution in [0.1, 0.15) is 11.1 Å². The van der Waals surface area contributed by atoms with Crippen LogP contribution in [0.2, 0.25) is 0 Å². The lowest BCUT2D eigenvalue weighted by atomic mass is 10.1. The molecule has 106 valence electrons. The first-order chi connectivity index (χ1) is 9.65. The van der Waals surface area contributed by atoms with E-state index in [1.54, 1.807) is 24.5 Å². The zero-order chi connectivity index (χ0) is 14.5. The first-order valence-electron chi connectivity index (χ1n) is 6.24. The topological polar surface area (TPSA) is 63.6 Å². The van der Waals surface area contributed by atoms with Crippen LogP contribution in [-0.4, -0.2) is 24.3 Å². The molecule has 2 aromatic rings. The van der Waals surface area contributed by atoms with Gasteiger partial charge in [0, 0.05) is 12.7 Å². The Bertz CT molecular complexity index is 574. The fourth-order valence-electron chi connectivity index (χ4n) is 1.90. The lowest BCUT2D eigenvalue weighted by Gasteiger charge is -2.13. The highest BCUT2D eigenvalue weighted by molar-refractivity contribution is 5.54. The maximum Gasteiger partial charge on any atom is 0.200 e. The number of aromatic hydroxyl groups is 1. The Balaban J connectivity index is 2.19. The molecular formula is C15H18N2O3. The Morgan fingerprint density at radius 3 is 2.40 bits per heavy atom. The van der Waals surface area contributed by atoms with Crippen LogP contribution in [0.4, 0.5) is 5.69 Å². The minimum Gasteiger partial charge on any atom is -0.502 e. The van der Waals surface area contributed by atoms with E-state index in [1.807, 2.05) is 13.0 Å². The van der Waals surface area contributed by atoms with Crippen molar-refractivity contribution in [3.05, 3.63) is 41.7 Å². The molecule has 0 unspecified atom stereocenters. The van der Waals surface area contributed by atoms with E-state index in [2.05, 4.69) is 10.3 Å². The van der Waals surface area contributed by atoms with Crippen molar-refractivity contribution in [3.8, 4) is 17.2 Å². The van der Waals surface area contributed by atoms with Gasteiger partial charge in [-0.2, -0.15) is 0 Å². The zero-order valence-electron chi connectivity index (χ0n) is 11.8. The number of nitrogens with one attached hydrogen (secondary N) is 1. The molecule has 0 aliphatic rings. The van der Waals surface area contributed by atoms with Crippen LogP contribution in [-0.2, 0) is 6.54 Å². The van der Waals surface area contributed by atoms with Crippen LogP contribution in [0.3, 0.4) is 0 Å². The van der Waals surface area contributed by atoms with Gasteiger partial charge < -0.3 is 19.9 Å². The molecule has 0 aliphatic carbocycles. The van der Waals surface area contributed by atoms with E-state index in [-0.39, 0.29) is 5.75 Å². The van der Waals surface area contributed by atoms with Gasteiger partial charge in [0.2, 0.25) is 5.75 Å². The van der Waals surface area contributed by atoms with Gasteiger partial charge in [0.25, 0.3) is 0 Å². The van der Waals surface area contributed by atoms with E-state index in [0.717, 1.165) is 16.8 Å². The molecule has 1 aromatic carbocycles. The molecule has 0 aliphatic heterocycles. The number of hydrogen-bond acceptors (Lipinski definition) is 5. The smallest absolute Gasteiger partial charge is 0.200 e. The predicted molar refractivity (Wildman–Crippen MR) is 77.5 cm³/mol. The van der Waals surface area contributed by atoms with Crippen molar-refractivity contribution in [2.24, 2.45) is 0 Å². The van der Waals surface area contributed by atoms with Gasteiger partial charge in [-0.25, -0.2) is 0 Å². The Kier molecular flexibility index (Phi) is 4.30. The number of ether oxygens (including phenoxy) is 2. The van der Waals surface area contributed by atoms with Gasteiger partial charge in [-0.15, -0.1) is 0 Å². The molecule has 0 saturated carbocycles. The summed E-state index contributed by atoms with van der Waals surface area (Å²) < 4.78 is 10.3. The number of methoxy groups -OCH3 is 2. The normalized spacial score (nSPS) is 10.2. The second-order valence-corrected chi connectivity index (χ2v) is 4.39. The third kappa shape index (κ3) is 2.93. The molecule has 1 heterocycles. The molecule has 0 atom stereocenters. The highest BCUT2D eigenvalue weighted by atomic mass is 16.5. The van der Waals surface area contributed by atoms with Crippen LogP contribution in [0.5, 0.6) is 17.2 Å². The third-order valence-electron chi connectivity index (χ3n) is 3.06. The summed E-state index contributed by atoms with van der Waals surface area (Å²) in [6, 6.07) is 5.49. The van der Waals surface area contributed by atoms with E-state index in [9.17, 15) is 5.11 Å². The molecule has 2 rings (SSSR count). The average Bonchev–Trinajstić information content (AvgIpc) is 2.47. The molecule has 5 nitrogen and oxygen atoms in total. The molecule has 0 radical (unpaired) electrons. The van der Waals surface area contributed by atoms with Crippen LogP contribution < -0.4 is 14.8 Å². The molecule has 1 aromatic heterocycles. The van der Waals surface area contributed by atoms with E-state index >= 15 is 0 Å². The molecule has 0 spiro atoms. The number of aromatic nitrogens is 1. The predicted octanol–water partition coefficient (Wildman–Crippen LogP) is 2.72. The molecule has 20 heavy (non-hydrogen) atoms. The molecule has 0 saturated heterocycles. The van der Waals surface area contributed by atoms with Crippen molar-refractivity contribution in [3.63, 3.8) is 0 Å². The summed E-state index contributed by atoms with van der Waals surface area (Å²) >= 11 is 0. The summed E-state index contributed by atoms with van der Waals surface area (Å²) in [6.45, 7) is 2.60. The number of benzene rings is 1. The summed E-state index contributed by atoms with van der Waals surface area (Å²) in [4.78, 5) is 4.09. The van der Waals surface area contributed by atoms with Gasteiger partial charge in [-0.05, 0) is 36.2 Å². The summed E-state index contributed by atoms with van der Waals surface area (Å²) in [5.41, 5.74) is 3.04. The van der Waals surface area contributed by atoms with Crippen LogP contribution in [0.25, 0.3) is 0 Å². The lowest BCUT2D eigenvalue weighted by molar-refractivity contribution is 0.339. The largest absolute Gasteiger partial charge is 0.502 e. The second kappa shape index (κ2) is 6.14. The SMILES string of the molecule is COc1cc(CNc2cnccc2C)cc(OC)c1O. The minimum absolute atomic E-state index is 0.0105. The molecule has 0 amide bonds. The highest BCUT2D eigenvalue weighted by Crippen LogP contribution is 2.37. The maximum absolute atomic E-state index is 9.86. The Labute approximate surface area is 118 Å². The van der Waals surface area contributed by atoms with Crippen molar-refractivity contribution in [1.82, 2.24) is 4.98 Å². The zero-order valence-corrected chi connectivity index (χ0v) is 11.8. The average molecular weight is 274 g/mol. The Hall–Kier alpha value is -2.43. The van der Waals surface area contributed by atoms with E-state index < -0.39 is 0 Å². The van der Waals surface area contributed by atoms with Crippen LogP contribution in [0.15, 0.2) is 30.6 Å². The number of aryl methyl sites for hydroxylation is 1. The lowest BCUT2D eigenvalue weighted by Crippen LogP contribution is -2.02. The van der Waals surface area contributed by atoms with Crippen molar-refractivity contribution in [2.75, 3.05) is 19.5 Å². The number of rotatable bonds is 5. The third-order valence-corrected chi connectivity index (χ3v) is 3.06. The van der Waals surface area contributed by atoms with Gasteiger partial charge in [-0.1, -0.05) is 0 Å². The Morgan fingerprint density at radius 1 is 1.20 bits per heavy atom. The number of phenols is 1. The Morgan fingerprint density at radius 2 is 1.85 bits per heavy atom. The fraction of sp³-hybridized carbons (Fsp3) is 0.267. The number of hydrogen-bond donors (Lipinski definition) is 2. The number of anilines is 1. The van der Waals surface area contributed by atoms with Crippen molar-refractivity contribution in [2.45, 2.75) is 13.5 Å². The van der Waals surface area contributed by atoms with Crippen LogP contribution in [0, 0.1) is 6.92 Å². The standard InChI is InChI=1S/C15H18N2O3/c1-10-4-5-16-9-12(10)17-8-11-6-13(19-2)15(18)14(7-11)20-3/h4-7,9,17-18H,8H2,1-3H3. The van der Waals surface area contributed by atoms with E-state index in [1.165, 1.54) is 14.2 Å². The quantitative estimate of drug-likeness (QED) is 0.877. The molecule has 0 fully saturated rings. The first-order valence-corrected chi connectivity index (χ1v) is 6.24. The molecular weight excluding hydrogens is 256 g/mol. The van der Waals surface area contributed by atoms with Gasteiger partial charge >= 0.3 is 0 Å².